The molecule has 0 radical (unpaired) electrons. The van der Waals surface area contributed by atoms with Gasteiger partial charge in [-0.1, -0.05) is 30.0 Å². The van der Waals surface area contributed by atoms with Crippen molar-refractivity contribution in [2.45, 2.75) is 11.2 Å². The summed E-state index contributed by atoms with van der Waals surface area (Å²) in [6.07, 6.45) is -4.68. The minimum Gasteiger partial charge on any atom is -0.316 e. The summed E-state index contributed by atoms with van der Waals surface area (Å²) in [6.45, 7) is 0. The second kappa shape index (κ2) is 7.31. The van der Waals surface area contributed by atoms with Crippen LogP contribution in [0.1, 0.15) is 11.4 Å². The summed E-state index contributed by atoms with van der Waals surface area (Å²) in [4.78, 5) is 19.2. The number of alkyl halides is 3. The maximum absolute atomic E-state index is 13.0. The van der Waals surface area contributed by atoms with Crippen LogP contribution in [-0.4, -0.2) is 21.6 Å². The van der Waals surface area contributed by atoms with E-state index in [4.69, 9.17) is 5.26 Å². The van der Waals surface area contributed by atoms with Gasteiger partial charge in [-0.25, -0.2) is 9.97 Å². The molecule has 0 unspecified atom stereocenters. The Balaban J connectivity index is 1.82. The lowest BCUT2D eigenvalue weighted by Crippen LogP contribution is -2.15. The Kier molecular flexibility index (Phi) is 5.11. The van der Waals surface area contributed by atoms with Crippen LogP contribution in [0.4, 0.5) is 18.2 Å². The first-order chi connectivity index (χ1) is 12.4. The van der Waals surface area contributed by atoms with E-state index in [9.17, 15) is 18.0 Å². The number of benzene rings is 1. The fourth-order valence-corrected chi connectivity index (χ4v) is 3.65. The summed E-state index contributed by atoms with van der Waals surface area (Å²) in [6, 6.07) is 9.82. The van der Waals surface area contributed by atoms with Crippen LogP contribution in [0.2, 0.25) is 0 Å². The molecule has 3 aromatic rings. The van der Waals surface area contributed by atoms with E-state index in [2.05, 4.69) is 15.3 Å². The second-order valence-corrected chi connectivity index (χ2v) is 6.86. The number of hydrogen-bond acceptors (Lipinski definition) is 6. The summed E-state index contributed by atoms with van der Waals surface area (Å²) in [5, 5.41) is 14.1. The molecule has 0 aliphatic carbocycles. The number of fused-ring (bicyclic) bond motifs is 1. The van der Waals surface area contributed by atoms with Gasteiger partial charge in [0, 0.05) is 5.39 Å². The molecule has 0 spiro atoms. The molecule has 0 saturated heterocycles. The van der Waals surface area contributed by atoms with Gasteiger partial charge in [0.05, 0.1) is 16.8 Å². The summed E-state index contributed by atoms with van der Waals surface area (Å²) in [7, 11) is 0. The number of nitriles is 1. The molecule has 2 aromatic heterocycles. The molecule has 5 nitrogen and oxygen atoms in total. The van der Waals surface area contributed by atoms with Gasteiger partial charge in [-0.05, 0) is 17.5 Å². The number of amides is 1. The molecule has 2 heterocycles. The largest absolute Gasteiger partial charge is 0.451 e. The van der Waals surface area contributed by atoms with Gasteiger partial charge in [0.15, 0.2) is 0 Å². The van der Waals surface area contributed by atoms with E-state index in [-0.39, 0.29) is 16.3 Å². The molecule has 0 bridgehead atoms. The Morgan fingerprint density at radius 1 is 1.27 bits per heavy atom. The number of anilines is 1. The molecule has 0 fully saturated rings. The average Bonchev–Trinajstić information content (AvgIpc) is 3.05. The third-order valence-corrected chi connectivity index (χ3v) is 5.02. The summed E-state index contributed by atoms with van der Waals surface area (Å²) in [5.41, 5.74) is 0.489. The number of thiophene rings is 1. The maximum Gasteiger partial charge on any atom is 0.451 e. The molecular formula is C16H9F3N4OS2. The number of carbonyl (C=O) groups is 1. The minimum absolute atomic E-state index is 0.0739. The first kappa shape index (κ1) is 18.2. The van der Waals surface area contributed by atoms with Crippen LogP contribution in [0.5, 0.6) is 0 Å². The van der Waals surface area contributed by atoms with E-state index in [0.29, 0.717) is 16.0 Å². The predicted octanol–water partition coefficient (Wildman–Crippen LogP) is 4.31. The predicted molar refractivity (Wildman–Crippen MR) is 92.9 cm³/mol. The Hall–Kier alpha value is -2.64. The number of aromatic nitrogens is 2. The van der Waals surface area contributed by atoms with Crippen LogP contribution >= 0.6 is 23.1 Å². The lowest BCUT2D eigenvalue weighted by atomic mass is 10.2. The van der Waals surface area contributed by atoms with Crippen molar-refractivity contribution >= 4 is 44.9 Å². The molecule has 3 rings (SSSR count). The van der Waals surface area contributed by atoms with E-state index in [0.717, 1.165) is 11.8 Å². The van der Waals surface area contributed by atoms with E-state index in [1.54, 1.807) is 29.6 Å². The van der Waals surface area contributed by atoms with Crippen molar-refractivity contribution in [3.63, 3.8) is 0 Å². The smallest absolute Gasteiger partial charge is 0.316 e. The van der Waals surface area contributed by atoms with Crippen LogP contribution in [0.3, 0.4) is 0 Å². The topological polar surface area (TPSA) is 78.7 Å². The zero-order chi connectivity index (χ0) is 18.7. The highest BCUT2D eigenvalue weighted by atomic mass is 32.2. The van der Waals surface area contributed by atoms with Crippen molar-refractivity contribution in [1.29, 1.82) is 5.26 Å². The number of rotatable bonds is 4. The van der Waals surface area contributed by atoms with E-state index in [1.807, 2.05) is 6.07 Å². The molecule has 0 saturated carbocycles. The maximum atomic E-state index is 13.0. The van der Waals surface area contributed by atoms with Gasteiger partial charge in [-0.15, -0.1) is 11.3 Å². The fraction of sp³-hybridized carbons (Fsp3) is 0.125. The van der Waals surface area contributed by atoms with Crippen molar-refractivity contribution < 1.29 is 18.0 Å². The summed E-state index contributed by atoms with van der Waals surface area (Å²) < 4.78 is 39.0. The number of nitrogens with zero attached hydrogens (tertiary/aromatic N) is 3. The van der Waals surface area contributed by atoms with Crippen LogP contribution < -0.4 is 5.32 Å². The molecule has 10 heteroatoms. The van der Waals surface area contributed by atoms with Crippen molar-refractivity contribution in [3.8, 4) is 6.07 Å². The van der Waals surface area contributed by atoms with Crippen molar-refractivity contribution in [1.82, 2.24) is 9.97 Å². The summed E-state index contributed by atoms with van der Waals surface area (Å²) in [5.74, 6) is -1.84. The van der Waals surface area contributed by atoms with Crippen molar-refractivity contribution in [2.75, 3.05) is 11.1 Å². The van der Waals surface area contributed by atoms with Gasteiger partial charge in [0.25, 0.3) is 0 Å². The molecule has 1 N–H and O–H groups in total. The van der Waals surface area contributed by atoms with Gasteiger partial charge in [-0.3, -0.25) is 4.79 Å². The number of carbonyl (C=O) groups excluding carboxylic acids is 1. The molecular weight excluding hydrogens is 385 g/mol. The Bertz CT molecular complexity index is 1010. The van der Waals surface area contributed by atoms with Crippen molar-refractivity contribution in [2.24, 2.45) is 0 Å². The zero-order valence-corrected chi connectivity index (χ0v) is 14.5. The Morgan fingerprint density at radius 3 is 2.77 bits per heavy atom. The highest BCUT2D eigenvalue weighted by Gasteiger charge is 2.35. The van der Waals surface area contributed by atoms with Gasteiger partial charge >= 0.3 is 6.18 Å². The fourth-order valence-electron chi connectivity index (χ4n) is 2.08. The van der Waals surface area contributed by atoms with Crippen LogP contribution in [0.15, 0.2) is 40.7 Å². The molecule has 0 aliphatic rings. The van der Waals surface area contributed by atoms with Crippen LogP contribution in [0, 0.1) is 11.3 Å². The first-order valence-electron chi connectivity index (χ1n) is 7.12. The Labute approximate surface area is 153 Å². The van der Waals surface area contributed by atoms with Gasteiger partial charge in [0.1, 0.15) is 16.1 Å². The normalized spacial score (nSPS) is 11.3. The number of hydrogen-bond donors (Lipinski definition) is 1. The standard InChI is InChI=1S/C16H9F3N4OS2/c17-16(18,19)15-21-11-4-2-1-3-10(11)14(23-15)26-8-12(24)22-13-9(7-20)5-6-25-13/h1-6H,8H2,(H,22,24). The number of para-hydroxylation sites is 1. The second-order valence-electron chi connectivity index (χ2n) is 4.98. The Morgan fingerprint density at radius 2 is 2.04 bits per heavy atom. The highest BCUT2D eigenvalue weighted by molar-refractivity contribution is 8.00. The monoisotopic (exact) mass is 394 g/mol. The molecule has 1 amide bonds. The molecule has 132 valence electrons. The SMILES string of the molecule is N#Cc1ccsc1NC(=O)CSc1nc(C(F)(F)F)nc2ccccc12. The lowest BCUT2D eigenvalue weighted by molar-refractivity contribution is -0.145. The number of nitrogens with one attached hydrogen (secondary N) is 1. The summed E-state index contributed by atoms with van der Waals surface area (Å²) >= 11 is 2.08. The molecule has 0 aliphatic heterocycles. The van der Waals surface area contributed by atoms with Gasteiger partial charge in [-0.2, -0.15) is 18.4 Å². The van der Waals surface area contributed by atoms with E-state index in [1.165, 1.54) is 17.4 Å². The van der Waals surface area contributed by atoms with Crippen LogP contribution in [0.25, 0.3) is 10.9 Å². The van der Waals surface area contributed by atoms with Gasteiger partial charge in [0.2, 0.25) is 11.7 Å². The van der Waals surface area contributed by atoms with Crippen LogP contribution in [-0.2, 0) is 11.0 Å². The zero-order valence-electron chi connectivity index (χ0n) is 12.9. The van der Waals surface area contributed by atoms with Gasteiger partial charge < -0.3 is 5.32 Å². The molecule has 0 atom stereocenters. The quantitative estimate of drug-likeness (QED) is 0.527. The third-order valence-electron chi connectivity index (χ3n) is 3.20. The molecule has 26 heavy (non-hydrogen) atoms. The number of thioether (sulfide) groups is 1. The lowest BCUT2D eigenvalue weighted by Gasteiger charge is -2.10. The number of halogens is 3. The van der Waals surface area contributed by atoms with E-state index >= 15 is 0 Å². The first-order valence-corrected chi connectivity index (χ1v) is 8.99. The average molecular weight is 394 g/mol. The minimum atomic E-state index is -4.68. The highest BCUT2D eigenvalue weighted by Crippen LogP contribution is 2.32. The third kappa shape index (κ3) is 3.95. The van der Waals surface area contributed by atoms with Crippen molar-refractivity contribution in [3.05, 3.63) is 47.1 Å². The molecule has 1 aromatic carbocycles. The van der Waals surface area contributed by atoms with E-state index < -0.39 is 17.9 Å².